The molecule has 0 bridgehead atoms. The lowest BCUT2D eigenvalue weighted by atomic mass is 9.91. The molecule has 0 saturated heterocycles. The second kappa shape index (κ2) is 7.92. The maximum absolute atomic E-state index is 5.64. The van der Waals surface area contributed by atoms with Gasteiger partial charge in [-0.3, -0.25) is 0 Å². The van der Waals surface area contributed by atoms with E-state index in [0.29, 0.717) is 5.88 Å². The summed E-state index contributed by atoms with van der Waals surface area (Å²) in [5, 5.41) is 0. The standard InChI is InChI=1S/C24H18INO/c1-27-24-22(25)20(17-11-5-2-6-12-17)21(18-13-7-3-8-14-18)23(26-24)19-15-9-4-10-16-19/h2-16H,1H3. The van der Waals surface area contributed by atoms with Gasteiger partial charge in [0, 0.05) is 16.7 Å². The summed E-state index contributed by atoms with van der Waals surface area (Å²) in [6.07, 6.45) is 0. The van der Waals surface area contributed by atoms with Crippen LogP contribution in [0.4, 0.5) is 0 Å². The van der Waals surface area contributed by atoms with Gasteiger partial charge in [-0.1, -0.05) is 91.0 Å². The molecule has 0 atom stereocenters. The van der Waals surface area contributed by atoms with E-state index in [4.69, 9.17) is 9.72 Å². The highest BCUT2D eigenvalue weighted by Crippen LogP contribution is 2.44. The highest BCUT2D eigenvalue weighted by molar-refractivity contribution is 14.1. The molecule has 27 heavy (non-hydrogen) atoms. The number of pyridine rings is 1. The molecule has 4 rings (SSSR count). The zero-order valence-corrected chi connectivity index (χ0v) is 17.1. The molecule has 0 aliphatic carbocycles. The minimum Gasteiger partial charge on any atom is -0.480 e. The number of hydrogen-bond donors (Lipinski definition) is 0. The van der Waals surface area contributed by atoms with Gasteiger partial charge in [-0.15, -0.1) is 0 Å². The molecular formula is C24H18INO. The van der Waals surface area contributed by atoms with Crippen molar-refractivity contribution in [2.75, 3.05) is 7.11 Å². The van der Waals surface area contributed by atoms with E-state index in [1.165, 1.54) is 0 Å². The molecule has 1 heterocycles. The largest absolute Gasteiger partial charge is 0.480 e. The molecule has 1 aromatic heterocycles. The second-order valence-corrected chi connectivity index (χ2v) is 7.21. The van der Waals surface area contributed by atoms with Crippen LogP contribution in [0.1, 0.15) is 0 Å². The molecule has 0 unspecified atom stereocenters. The van der Waals surface area contributed by atoms with E-state index in [-0.39, 0.29) is 0 Å². The van der Waals surface area contributed by atoms with Crippen LogP contribution in [-0.4, -0.2) is 12.1 Å². The first kappa shape index (κ1) is 17.7. The van der Waals surface area contributed by atoms with Crippen LogP contribution >= 0.6 is 22.6 Å². The molecular weight excluding hydrogens is 445 g/mol. The average Bonchev–Trinajstić information content (AvgIpc) is 2.75. The van der Waals surface area contributed by atoms with Gasteiger partial charge in [0.05, 0.1) is 16.4 Å². The molecule has 0 radical (unpaired) electrons. The SMILES string of the molecule is COc1nc(-c2ccccc2)c(-c2ccccc2)c(-c2ccccc2)c1I. The van der Waals surface area contributed by atoms with Crippen LogP contribution < -0.4 is 4.74 Å². The van der Waals surface area contributed by atoms with Gasteiger partial charge in [0.2, 0.25) is 5.88 Å². The minimum atomic E-state index is 0.646. The predicted octanol–water partition coefficient (Wildman–Crippen LogP) is 6.70. The number of hydrogen-bond acceptors (Lipinski definition) is 2. The minimum absolute atomic E-state index is 0.646. The van der Waals surface area contributed by atoms with Crippen LogP contribution in [0.3, 0.4) is 0 Å². The normalized spacial score (nSPS) is 10.6. The van der Waals surface area contributed by atoms with Crippen LogP contribution in [0.25, 0.3) is 33.5 Å². The Labute approximate surface area is 173 Å². The van der Waals surface area contributed by atoms with Crippen molar-refractivity contribution in [2.24, 2.45) is 0 Å². The van der Waals surface area contributed by atoms with E-state index in [1.807, 2.05) is 30.3 Å². The van der Waals surface area contributed by atoms with Crippen LogP contribution in [0.15, 0.2) is 91.0 Å². The van der Waals surface area contributed by atoms with Crippen LogP contribution in [0.5, 0.6) is 5.88 Å². The number of benzene rings is 3. The Morgan fingerprint density at radius 2 is 1.07 bits per heavy atom. The molecule has 4 aromatic rings. The Balaban J connectivity index is 2.13. The number of aromatic nitrogens is 1. The first-order valence-corrected chi connectivity index (χ1v) is 9.81. The van der Waals surface area contributed by atoms with Crippen molar-refractivity contribution >= 4 is 22.6 Å². The maximum atomic E-state index is 5.64. The van der Waals surface area contributed by atoms with Gasteiger partial charge in [0.1, 0.15) is 0 Å². The zero-order valence-electron chi connectivity index (χ0n) is 14.9. The molecule has 0 fully saturated rings. The fraction of sp³-hybridized carbons (Fsp3) is 0.0417. The summed E-state index contributed by atoms with van der Waals surface area (Å²) < 4.78 is 6.66. The second-order valence-electron chi connectivity index (χ2n) is 6.13. The first-order valence-electron chi connectivity index (χ1n) is 8.73. The third-order valence-electron chi connectivity index (χ3n) is 4.47. The van der Waals surface area contributed by atoms with Crippen molar-refractivity contribution in [1.29, 1.82) is 0 Å². The Kier molecular flexibility index (Phi) is 5.21. The Bertz CT molecular complexity index is 1050. The van der Waals surface area contributed by atoms with Crippen molar-refractivity contribution in [2.45, 2.75) is 0 Å². The molecule has 132 valence electrons. The summed E-state index contributed by atoms with van der Waals surface area (Å²) in [5.41, 5.74) is 6.56. The van der Waals surface area contributed by atoms with E-state index in [1.54, 1.807) is 7.11 Å². The summed E-state index contributed by atoms with van der Waals surface area (Å²) in [4.78, 5) is 4.89. The summed E-state index contributed by atoms with van der Waals surface area (Å²) in [5.74, 6) is 0.646. The maximum Gasteiger partial charge on any atom is 0.228 e. The van der Waals surface area contributed by atoms with Gasteiger partial charge in [-0.25, -0.2) is 4.98 Å². The van der Waals surface area contributed by atoms with Gasteiger partial charge < -0.3 is 4.74 Å². The molecule has 0 aliphatic rings. The molecule has 3 heteroatoms. The van der Waals surface area contributed by atoms with E-state index in [9.17, 15) is 0 Å². The highest BCUT2D eigenvalue weighted by Gasteiger charge is 2.22. The average molecular weight is 463 g/mol. The zero-order chi connectivity index (χ0) is 18.6. The molecule has 0 amide bonds. The van der Waals surface area contributed by atoms with Crippen molar-refractivity contribution in [3.05, 3.63) is 94.6 Å². The molecule has 0 N–H and O–H groups in total. The lowest BCUT2D eigenvalue weighted by Gasteiger charge is -2.19. The molecule has 0 aliphatic heterocycles. The van der Waals surface area contributed by atoms with Crippen LogP contribution in [0.2, 0.25) is 0 Å². The Hall–Kier alpha value is -2.66. The molecule has 0 spiro atoms. The third-order valence-corrected chi connectivity index (χ3v) is 5.47. The van der Waals surface area contributed by atoms with Gasteiger partial charge >= 0.3 is 0 Å². The number of rotatable bonds is 4. The van der Waals surface area contributed by atoms with E-state index >= 15 is 0 Å². The van der Waals surface area contributed by atoms with Crippen molar-refractivity contribution < 1.29 is 4.74 Å². The van der Waals surface area contributed by atoms with Gasteiger partial charge in [0.15, 0.2) is 0 Å². The van der Waals surface area contributed by atoms with Crippen LogP contribution in [-0.2, 0) is 0 Å². The summed E-state index contributed by atoms with van der Waals surface area (Å²) >= 11 is 2.35. The fourth-order valence-corrected chi connectivity index (χ4v) is 4.17. The van der Waals surface area contributed by atoms with Gasteiger partial charge in [-0.2, -0.15) is 0 Å². The number of halogens is 1. The Morgan fingerprint density at radius 1 is 0.630 bits per heavy atom. The summed E-state index contributed by atoms with van der Waals surface area (Å²) in [6.45, 7) is 0. The molecule has 2 nitrogen and oxygen atoms in total. The Morgan fingerprint density at radius 3 is 1.56 bits per heavy atom. The summed E-state index contributed by atoms with van der Waals surface area (Å²) in [6, 6.07) is 31.2. The van der Waals surface area contributed by atoms with E-state index in [2.05, 4.69) is 83.3 Å². The first-order chi connectivity index (χ1) is 13.3. The van der Waals surface area contributed by atoms with Gasteiger partial charge in [-0.05, 0) is 33.7 Å². The van der Waals surface area contributed by atoms with Crippen molar-refractivity contribution in [3.8, 4) is 39.4 Å². The van der Waals surface area contributed by atoms with Gasteiger partial charge in [0.25, 0.3) is 0 Å². The smallest absolute Gasteiger partial charge is 0.228 e. The molecule has 0 saturated carbocycles. The number of ether oxygens (including phenoxy) is 1. The molecule has 3 aromatic carbocycles. The quantitative estimate of drug-likeness (QED) is 0.315. The fourth-order valence-electron chi connectivity index (χ4n) is 3.24. The van der Waals surface area contributed by atoms with Crippen molar-refractivity contribution in [3.63, 3.8) is 0 Å². The third kappa shape index (κ3) is 3.47. The lowest BCUT2D eigenvalue weighted by molar-refractivity contribution is 0.395. The number of nitrogens with zero attached hydrogens (tertiary/aromatic N) is 1. The van der Waals surface area contributed by atoms with E-state index in [0.717, 1.165) is 37.1 Å². The highest BCUT2D eigenvalue weighted by atomic mass is 127. The van der Waals surface area contributed by atoms with Crippen molar-refractivity contribution in [1.82, 2.24) is 4.98 Å². The monoisotopic (exact) mass is 463 g/mol. The number of methoxy groups -OCH3 is 1. The van der Waals surface area contributed by atoms with E-state index < -0.39 is 0 Å². The van der Waals surface area contributed by atoms with Crippen LogP contribution in [0, 0.1) is 3.57 Å². The topological polar surface area (TPSA) is 22.1 Å². The predicted molar refractivity (Wildman–Crippen MR) is 120 cm³/mol. The summed E-state index contributed by atoms with van der Waals surface area (Å²) in [7, 11) is 1.68. The lowest BCUT2D eigenvalue weighted by Crippen LogP contribution is -2.01.